The molecule has 0 radical (unpaired) electrons. The first-order valence-electron chi connectivity index (χ1n) is 8.46. The van der Waals surface area contributed by atoms with Gasteiger partial charge in [0.15, 0.2) is 5.96 Å². The van der Waals surface area contributed by atoms with Crippen molar-refractivity contribution in [1.82, 2.24) is 15.6 Å². The van der Waals surface area contributed by atoms with Gasteiger partial charge in [0.05, 0.1) is 0 Å². The van der Waals surface area contributed by atoms with Crippen LogP contribution >= 0.6 is 24.0 Å². The topological polar surface area (TPSA) is 95.6 Å². The molecule has 0 unspecified atom stereocenters. The summed E-state index contributed by atoms with van der Waals surface area (Å²) in [7, 11) is 1.76. The standard InChI is InChI=1S/C17H28N6O.HI/c1-12(2)22-17(19-3)21-11-14-5-4-8-20-16(14)23-9-6-13(7-10-23)15(18)24;/h4-5,8,12-13H,6-7,9-11H2,1-3H3,(H2,18,24)(H2,19,21,22);1H. The van der Waals surface area contributed by atoms with E-state index in [-0.39, 0.29) is 35.8 Å². The summed E-state index contributed by atoms with van der Waals surface area (Å²) in [6, 6.07) is 4.32. The van der Waals surface area contributed by atoms with Crippen LogP contribution in [-0.4, -0.2) is 43.0 Å². The average molecular weight is 460 g/mol. The Morgan fingerprint density at radius 3 is 2.68 bits per heavy atom. The molecule has 1 aliphatic heterocycles. The van der Waals surface area contributed by atoms with Gasteiger partial charge in [0.1, 0.15) is 5.82 Å². The first-order valence-corrected chi connectivity index (χ1v) is 8.46. The highest BCUT2D eigenvalue weighted by atomic mass is 127. The van der Waals surface area contributed by atoms with Gasteiger partial charge in [-0.15, -0.1) is 24.0 Å². The second-order valence-electron chi connectivity index (χ2n) is 6.37. The lowest BCUT2D eigenvalue weighted by atomic mass is 9.96. The molecule has 0 atom stereocenters. The van der Waals surface area contributed by atoms with Crippen LogP contribution < -0.4 is 21.3 Å². The molecule has 1 amide bonds. The highest BCUT2D eigenvalue weighted by molar-refractivity contribution is 14.0. The minimum absolute atomic E-state index is 0. The van der Waals surface area contributed by atoms with Gasteiger partial charge in [0, 0.05) is 50.4 Å². The van der Waals surface area contributed by atoms with Crippen molar-refractivity contribution in [2.24, 2.45) is 16.6 Å². The minimum Gasteiger partial charge on any atom is -0.369 e. The maximum Gasteiger partial charge on any atom is 0.220 e. The molecule has 1 fully saturated rings. The molecule has 1 aromatic rings. The van der Waals surface area contributed by atoms with Gasteiger partial charge in [-0.2, -0.15) is 0 Å². The zero-order chi connectivity index (χ0) is 17.5. The molecule has 0 spiro atoms. The minimum atomic E-state index is -0.193. The fraction of sp³-hybridized carbons (Fsp3) is 0.588. The number of anilines is 1. The van der Waals surface area contributed by atoms with Crippen molar-refractivity contribution in [3.05, 3.63) is 23.9 Å². The summed E-state index contributed by atoms with van der Waals surface area (Å²) >= 11 is 0. The smallest absolute Gasteiger partial charge is 0.220 e. The summed E-state index contributed by atoms with van der Waals surface area (Å²) in [6.45, 7) is 6.40. The van der Waals surface area contributed by atoms with Crippen molar-refractivity contribution < 1.29 is 4.79 Å². The Labute approximate surface area is 166 Å². The fourth-order valence-corrected chi connectivity index (χ4v) is 2.88. The second kappa shape index (κ2) is 10.4. The quantitative estimate of drug-likeness (QED) is 0.352. The molecule has 0 bridgehead atoms. The van der Waals surface area contributed by atoms with E-state index in [1.54, 1.807) is 13.2 Å². The van der Waals surface area contributed by atoms with Crippen LogP contribution in [0.3, 0.4) is 0 Å². The monoisotopic (exact) mass is 460 g/mol. The zero-order valence-corrected chi connectivity index (χ0v) is 17.5. The maximum absolute atomic E-state index is 11.3. The molecule has 2 rings (SSSR count). The third-order valence-corrected chi connectivity index (χ3v) is 4.16. The van der Waals surface area contributed by atoms with Crippen molar-refractivity contribution in [1.29, 1.82) is 0 Å². The molecule has 8 heteroatoms. The van der Waals surface area contributed by atoms with Gasteiger partial charge in [-0.25, -0.2) is 4.98 Å². The van der Waals surface area contributed by atoms with E-state index in [9.17, 15) is 4.79 Å². The molecule has 140 valence electrons. The SMILES string of the molecule is CN=C(NCc1cccnc1N1CCC(C(N)=O)CC1)NC(C)C.I. The molecule has 25 heavy (non-hydrogen) atoms. The van der Waals surface area contributed by atoms with Crippen LogP contribution in [0.5, 0.6) is 0 Å². The summed E-state index contributed by atoms with van der Waals surface area (Å²) in [4.78, 5) is 22.3. The number of nitrogens with one attached hydrogen (secondary N) is 2. The molecule has 4 N–H and O–H groups in total. The summed E-state index contributed by atoms with van der Waals surface area (Å²) in [6.07, 6.45) is 3.38. The number of guanidine groups is 1. The Kier molecular flexibility index (Phi) is 8.95. The van der Waals surface area contributed by atoms with E-state index < -0.39 is 0 Å². The second-order valence-corrected chi connectivity index (χ2v) is 6.37. The fourth-order valence-electron chi connectivity index (χ4n) is 2.88. The van der Waals surface area contributed by atoms with Crippen molar-refractivity contribution in [3.8, 4) is 0 Å². The molecule has 1 aliphatic rings. The lowest BCUT2D eigenvalue weighted by molar-refractivity contribution is -0.122. The van der Waals surface area contributed by atoms with Crippen LogP contribution in [0.4, 0.5) is 5.82 Å². The van der Waals surface area contributed by atoms with Crippen LogP contribution in [-0.2, 0) is 11.3 Å². The number of piperidine rings is 1. The molecule has 0 saturated carbocycles. The first kappa shape index (κ1) is 21.5. The van der Waals surface area contributed by atoms with Gasteiger partial charge in [-0.1, -0.05) is 6.07 Å². The lowest BCUT2D eigenvalue weighted by Gasteiger charge is -2.32. The number of hydrogen-bond donors (Lipinski definition) is 3. The summed E-state index contributed by atoms with van der Waals surface area (Å²) < 4.78 is 0. The van der Waals surface area contributed by atoms with Crippen LogP contribution in [0.1, 0.15) is 32.3 Å². The number of carbonyl (C=O) groups excluding carboxylic acids is 1. The summed E-state index contributed by atoms with van der Waals surface area (Å²) in [5.74, 6) is 1.53. The van der Waals surface area contributed by atoms with Gasteiger partial charge in [0.25, 0.3) is 0 Å². The summed E-state index contributed by atoms with van der Waals surface area (Å²) in [5, 5.41) is 6.59. The number of amides is 1. The van der Waals surface area contributed by atoms with Gasteiger partial charge in [-0.05, 0) is 32.8 Å². The number of nitrogens with two attached hydrogens (primary N) is 1. The van der Waals surface area contributed by atoms with Gasteiger partial charge < -0.3 is 21.3 Å². The Morgan fingerprint density at radius 2 is 2.12 bits per heavy atom. The van der Waals surface area contributed by atoms with E-state index in [0.29, 0.717) is 12.6 Å². The van der Waals surface area contributed by atoms with E-state index in [4.69, 9.17) is 5.73 Å². The normalized spacial score (nSPS) is 15.7. The number of hydrogen-bond acceptors (Lipinski definition) is 4. The lowest BCUT2D eigenvalue weighted by Crippen LogP contribution is -2.41. The van der Waals surface area contributed by atoms with Gasteiger partial charge in [-0.3, -0.25) is 9.79 Å². The number of carbonyl (C=O) groups is 1. The molecular formula is C17H29IN6O. The molecule has 2 heterocycles. The third kappa shape index (κ3) is 6.33. The molecule has 1 aromatic heterocycles. The number of pyridine rings is 1. The molecule has 1 saturated heterocycles. The predicted octanol–water partition coefficient (Wildman–Crippen LogP) is 1.47. The first-order chi connectivity index (χ1) is 11.5. The van der Waals surface area contributed by atoms with E-state index in [2.05, 4.69) is 45.4 Å². The Morgan fingerprint density at radius 1 is 1.44 bits per heavy atom. The maximum atomic E-state index is 11.3. The molecular weight excluding hydrogens is 431 g/mol. The van der Waals surface area contributed by atoms with Crippen LogP contribution in [0.15, 0.2) is 23.3 Å². The Hall–Kier alpha value is -1.58. The van der Waals surface area contributed by atoms with Crippen molar-refractivity contribution >= 4 is 41.7 Å². The Balaban J connectivity index is 0.00000312. The van der Waals surface area contributed by atoms with Crippen molar-refractivity contribution in [2.45, 2.75) is 39.3 Å². The number of rotatable bonds is 5. The van der Waals surface area contributed by atoms with E-state index in [1.807, 2.05) is 6.07 Å². The highest BCUT2D eigenvalue weighted by Crippen LogP contribution is 2.24. The highest BCUT2D eigenvalue weighted by Gasteiger charge is 2.24. The number of aliphatic imine (C=N–C) groups is 1. The van der Waals surface area contributed by atoms with Crippen molar-refractivity contribution in [3.63, 3.8) is 0 Å². The van der Waals surface area contributed by atoms with Crippen LogP contribution in [0, 0.1) is 5.92 Å². The summed E-state index contributed by atoms with van der Waals surface area (Å²) in [5.41, 5.74) is 6.53. The van der Waals surface area contributed by atoms with Crippen molar-refractivity contribution in [2.75, 3.05) is 25.0 Å². The number of halogens is 1. The van der Waals surface area contributed by atoms with E-state index >= 15 is 0 Å². The number of aromatic nitrogens is 1. The largest absolute Gasteiger partial charge is 0.369 e. The molecule has 7 nitrogen and oxygen atoms in total. The van der Waals surface area contributed by atoms with Crippen LogP contribution in [0.2, 0.25) is 0 Å². The molecule has 0 aliphatic carbocycles. The zero-order valence-electron chi connectivity index (χ0n) is 15.2. The third-order valence-electron chi connectivity index (χ3n) is 4.16. The van der Waals surface area contributed by atoms with Gasteiger partial charge in [0.2, 0.25) is 5.91 Å². The molecule has 0 aromatic carbocycles. The number of primary amides is 1. The predicted molar refractivity (Wildman–Crippen MR) is 112 cm³/mol. The van der Waals surface area contributed by atoms with Gasteiger partial charge >= 0.3 is 0 Å². The Bertz CT molecular complexity index is 584. The van der Waals surface area contributed by atoms with Crippen LogP contribution in [0.25, 0.3) is 0 Å². The number of nitrogens with zero attached hydrogens (tertiary/aromatic N) is 3. The average Bonchev–Trinajstić information content (AvgIpc) is 2.58. The van der Waals surface area contributed by atoms with E-state index in [0.717, 1.165) is 43.3 Å². The van der Waals surface area contributed by atoms with E-state index in [1.165, 1.54) is 0 Å².